The van der Waals surface area contributed by atoms with E-state index in [2.05, 4.69) is 6.92 Å². The van der Waals surface area contributed by atoms with E-state index in [1.54, 1.807) is 18.2 Å². The molecule has 4 rings (SSSR count). The van der Waals surface area contributed by atoms with E-state index in [9.17, 15) is 14.0 Å². The molecule has 0 radical (unpaired) electrons. The molecule has 6 heteroatoms. The topological polar surface area (TPSA) is 49.9 Å². The van der Waals surface area contributed by atoms with Crippen molar-refractivity contribution in [3.05, 3.63) is 65.5 Å². The SMILES string of the molecule is CCCN1CCCCN(C(=O)c2ccccc2F)[C@@H]2CCCC[C@@H]2Oc2ccccc2C1=O. The van der Waals surface area contributed by atoms with Crippen LogP contribution in [0.3, 0.4) is 0 Å². The van der Waals surface area contributed by atoms with Gasteiger partial charge in [-0.15, -0.1) is 0 Å². The Morgan fingerprint density at radius 2 is 1.73 bits per heavy atom. The Bertz CT molecular complexity index is 979. The van der Waals surface area contributed by atoms with Gasteiger partial charge in [0.1, 0.15) is 17.7 Å². The van der Waals surface area contributed by atoms with Gasteiger partial charge in [0.15, 0.2) is 0 Å². The summed E-state index contributed by atoms with van der Waals surface area (Å²) in [6.07, 6.45) is 5.78. The highest BCUT2D eigenvalue weighted by molar-refractivity contribution is 5.97. The van der Waals surface area contributed by atoms with Crippen molar-refractivity contribution in [2.24, 2.45) is 0 Å². The standard InChI is InChI=1S/C27H33FN2O3/c1-2-17-29-18-9-10-19-30(27(32)20-11-3-5-13-22(20)28)23-14-6-8-16-25(23)33-24-15-7-4-12-21(24)26(29)31/h3-5,7,11-13,15,23,25H,2,6,8-10,14,16-19H2,1H3/t23-,25+/m1/s1. The molecular weight excluding hydrogens is 419 g/mol. The van der Waals surface area contributed by atoms with Gasteiger partial charge in [-0.2, -0.15) is 0 Å². The van der Waals surface area contributed by atoms with Gasteiger partial charge >= 0.3 is 0 Å². The van der Waals surface area contributed by atoms with E-state index in [0.717, 1.165) is 44.9 Å². The molecular formula is C27H33FN2O3. The van der Waals surface area contributed by atoms with Crippen LogP contribution in [0.1, 0.15) is 72.6 Å². The lowest BCUT2D eigenvalue weighted by Crippen LogP contribution is -2.51. The second kappa shape index (κ2) is 10.8. The van der Waals surface area contributed by atoms with Gasteiger partial charge in [-0.25, -0.2) is 4.39 Å². The number of fused-ring (bicyclic) bond motifs is 2. The monoisotopic (exact) mass is 452 g/mol. The van der Waals surface area contributed by atoms with Crippen LogP contribution in [-0.4, -0.2) is 53.4 Å². The van der Waals surface area contributed by atoms with Crippen LogP contribution < -0.4 is 4.74 Å². The third-order valence-electron chi connectivity index (χ3n) is 6.69. The summed E-state index contributed by atoms with van der Waals surface area (Å²) in [5.74, 6) is -0.202. The van der Waals surface area contributed by atoms with Gasteiger partial charge in [-0.1, -0.05) is 37.6 Å². The lowest BCUT2D eigenvalue weighted by Gasteiger charge is -2.40. The smallest absolute Gasteiger partial charge is 0.257 e. The molecule has 1 fully saturated rings. The van der Waals surface area contributed by atoms with Crippen LogP contribution in [0.4, 0.5) is 4.39 Å². The molecule has 2 atom stereocenters. The Kier molecular flexibility index (Phi) is 7.63. The van der Waals surface area contributed by atoms with E-state index < -0.39 is 5.82 Å². The van der Waals surface area contributed by atoms with Crippen LogP contribution in [0.2, 0.25) is 0 Å². The van der Waals surface area contributed by atoms with Crippen molar-refractivity contribution in [3.8, 4) is 5.75 Å². The minimum Gasteiger partial charge on any atom is -0.487 e. The highest BCUT2D eigenvalue weighted by Crippen LogP contribution is 2.31. The predicted octanol–water partition coefficient (Wildman–Crippen LogP) is 5.30. The molecule has 0 spiro atoms. The Morgan fingerprint density at radius 3 is 2.55 bits per heavy atom. The summed E-state index contributed by atoms with van der Waals surface area (Å²) in [5, 5.41) is 0. The molecule has 2 amide bonds. The highest BCUT2D eigenvalue weighted by atomic mass is 19.1. The molecule has 0 N–H and O–H groups in total. The third kappa shape index (κ3) is 5.21. The molecule has 1 aliphatic heterocycles. The largest absolute Gasteiger partial charge is 0.487 e. The Labute approximate surface area is 195 Å². The van der Waals surface area contributed by atoms with Gasteiger partial charge in [0.2, 0.25) is 0 Å². The molecule has 0 aromatic heterocycles. The number of rotatable bonds is 3. The zero-order valence-electron chi connectivity index (χ0n) is 19.3. The molecule has 2 aliphatic rings. The van der Waals surface area contributed by atoms with Crippen LogP contribution in [0.25, 0.3) is 0 Å². The molecule has 176 valence electrons. The first-order valence-electron chi connectivity index (χ1n) is 12.2. The first-order chi connectivity index (χ1) is 16.1. The van der Waals surface area contributed by atoms with Crippen molar-refractivity contribution >= 4 is 11.8 Å². The van der Waals surface area contributed by atoms with E-state index in [0.29, 0.717) is 30.9 Å². The molecule has 0 unspecified atom stereocenters. The first-order valence-corrected chi connectivity index (χ1v) is 12.2. The van der Waals surface area contributed by atoms with Crippen molar-refractivity contribution in [3.63, 3.8) is 0 Å². The van der Waals surface area contributed by atoms with Crippen LogP contribution >= 0.6 is 0 Å². The number of carbonyl (C=O) groups excluding carboxylic acids is 2. The molecule has 33 heavy (non-hydrogen) atoms. The predicted molar refractivity (Wildman–Crippen MR) is 126 cm³/mol. The van der Waals surface area contributed by atoms with Gasteiger partial charge in [0.25, 0.3) is 11.8 Å². The number of amides is 2. The van der Waals surface area contributed by atoms with Crippen molar-refractivity contribution < 1.29 is 18.7 Å². The fourth-order valence-corrected chi connectivity index (χ4v) is 5.03. The van der Waals surface area contributed by atoms with Gasteiger partial charge in [-0.3, -0.25) is 9.59 Å². The van der Waals surface area contributed by atoms with Crippen molar-refractivity contribution in [2.75, 3.05) is 19.6 Å². The number of benzene rings is 2. The summed E-state index contributed by atoms with van der Waals surface area (Å²) in [5.41, 5.74) is 0.680. The van der Waals surface area contributed by atoms with E-state index in [1.807, 2.05) is 34.1 Å². The van der Waals surface area contributed by atoms with Crippen molar-refractivity contribution in [1.82, 2.24) is 9.80 Å². The number of nitrogens with zero attached hydrogens (tertiary/aromatic N) is 2. The number of hydrogen-bond acceptors (Lipinski definition) is 3. The molecule has 2 aromatic carbocycles. The molecule has 2 aromatic rings. The molecule has 1 heterocycles. The van der Waals surface area contributed by atoms with Crippen molar-refractivity contribution in [2.45, 2.75) is 64.0 Å². The van der Waals surface area contributed by atoms with Crippen LogP contribution in [0.5, 0.6) is 5.75 Å². The Hall–Kier alpha value is -2.89. The fourth-order valence-electron chi connectivity index (χ4n) is 5.03. The zero-order chi connectivity index (χ0) is 23.2. The molecule has 0 saturated heterocycles. The molecule has 5 nitrogen and oxygen atoms in total. The fraction of sp³-hybridized carbons (Fsp3) is 0.481. The lowest BCUT2D eigenvalue weighted by molar-refractivity contribution is 0.0255. The number of para-hydroxylation sites is 1. The van der Waals surface area contributed by atoms with Crippen LogP contribution in [0.15, 0.2) is 48.5 Å². The summed E-state index contributed by atoms with van der Waals surface area (Å²) in [6.45, 7) is 3.88. The van der Waals surface area contributed by atoms with E-state index >= 15 is 0 Å². The number of hydrogen-bond donors (Lipinski definition) is 0. The normalized spacial score (nSPS) is 21.8. The van der Waals surface area contributed by atoms with Crippen LogP contribution in [0, 0.1) is 5.82 Å². The maximum Gasteiger partial charge on any atom is 0.257 e. The maximum atomic E-state index is 14.5. The van der Waals surface area contributed by atoms with Gasteiger partial charge in [-0.05, 0) is 62.8 Å². The third-order valence-corrected chi connectivity index (χ3v) is 6.69. The van der Waals surface area contributed by atoms with E-state index in [-0.39, 0.29) is 29.5 Å². The number of carbonyl (C=O) groups is 2. The molecule has 1 aliphatic carbocycles. The van der Waals surface area contributed by atoms with E-state index in [4.69, 9.17) is 4.74 Å². The van der Waals surface area contributed by atoms with Gasteiger partial charge in [0, 0.05) is 19.6 Å². The second-order valence-electron chi connectivity index (χ2n) is 8.98. The number of ether oxygens (including phenoxy) is 1. The van der Waals surface area contributed by atoms with Gasteiger partial charge < -0.3 is 14.5 Å². The lowest BCUT2D eigenvalue weighted by atomic mass is 9.90. The van der Waals surface area contributed by atoms with Crippen LogP contribution in [-0.2, 0) is 0 Å². The summed E-state index contributed by atoms with van der Waals surface area (Å²) in [7, 11) is 0. The quantitative estimate of drug-likeness (QED) is 0.635. The Morgan fingerprint density at radius 1 is 1.00 bits per heavy atom. The summed E-state index contributed by atoms with van der Waals surface area (Å²) < 4.78 is 21.0. The minimum atomic E-state index is -0.494. The van der Waals surface area contributed by atoms with Crippen molar-refractivity contribution in [1.29, 1.82) is 0 Å². The summed E-state index contributed by atoms with van der Waals surface area (Å²) in [6, 6.07) is 13.5. The number of halogens is 1. The average Bonchev–Trinajstić information content (AvgIpc) is 2.83. The van der Waals surface area contributed by atoms with Gasteiger partial charge in [0.05, 0.1) is 17.2 Å². The maximum absolute atomic E-state index is 14.5. The summed E-state index contributed by atoms with van der Waals surface area (Å²) >= 11 is 0. The average molecular weight is 453 g/mol. The Balaban J connectivity index is 1.70. The second-order valence-corrected chi connectivity index (χ2v) is 8.98. The summed E-state index contributed by atoms with van der Waals surface area (Å²) in [4.78, 5) is 30.6. The molecule has 0 bridgehead atoms. The molecule has 1 saturated carbocycles. The van der Waals surface area contributed by atoms with E-state index in [1.165, 1.54) is 6.07 Å². The highest BCUT2D eigenvalue weighted by Gasteiger charge is 2.36. The zero-order valence-corrected chi connectivity index (χ0v) is 19.3. The minimum absolute atomic E-state index is 0.000304. The first kappa shape index (κ1) is 23.3.